The number of hydrogen-bond donors (Lipinski definition) is 1. The van der Waals surface area contributed by atoms with E-state index in [1.165, 1.54) is 17.8 Å². The zero-order chi connectivity index (χ0) is 29.4. The Bertz CT molecular complexity index is 1620. The highest BCUT2D eigenvalue weighted by Crippen LogP contribution is 2.29. The van der Waals surface area contributed by atoms with E-state index in [0.717, 1.165) is 30.7 Å². The van der Waals surface area contributed by atoms with Gasteiger partial charge < -0.3 is 9.30 Å². The molecule has 0 spiro atoms. The van der Waals surface area contributed by atoms with Gasteiger partial charge in [-0.2, -0.15) is 0 Å². The van der Waals surface area contributed by atoms with Gasteiger partial charge in [0.25, 0.3) is 15.9 Å². The molecule has 1 amide bonds. The largest absolute Gasteiger partial charge is 0.461 e. The van der Waals surface area contributed by atoms with Crippen molar-refractivity contribution in [2.45, 2.75) is 49.6 Å². The lowest BCUT2D eigenvalue weighted by molar-refractivity contribution is 0.0509. The molecule has 0 radical (unpaired) electrons. The number of unbranched alkanes of at least 4 members (excludes halogenated alkanes) is 1. The fraction of sp³-hybridized carbons (Fsp3) is 0.258. The Hall–Kier alpha value is -3.89. The fourth-order valence-corrected chi connectivity index (χ4v) is 6.24. The molecule has 0 saturated carbocycles. The number of benzene rings is 3. The molecule has 41 heavy (non-hydrogen) atoms. The fourth-order valence-electron chi connectivity index (χ4n) is 4.45. The SMILES string of the molecule is CCCCc1nc(SC)c(C(=O)OCC)n1Cc1ccc(-c2ccccc2S(=O)(=O)NC(=O)c2ccccc2)cc1. The lowest BCUT2D eigenvalue weighted by Gasteiger charge is -2.14. The quantitative estimate of drug-likeness (QED) is 0.160. The molecule has 8 nitrogen and oxygen atoms in total. The molecule has 0 aliphatic heterocycles. The second kappa shape index (κ2) is 13.6. The maximum absolute atomic E-state index is 13.2. The summed E-state index contributed by atoms with van der Waals surface area (Å²) in [6.07, 6.45) is 4.57. The molecule has 214 valence electrons. The molecule has 0 aliphatic carbocycles. The number of amides is 1. The van der Waals surface area contributed by atoms with Gasteiger partial charge in [-0.3, -0.25) is 4.79 Å². The first-order valence-corrected chi connectivity index (χ1v) is 16.1. The highest BCUT2D eigenvalue weighted by Gasteiger charge is 2.25. The number of ether oxygens (including phenoxy) is 1. The molecule has 4 aromatic rings. The number of thioether (sulfide) groups is 1. The van der Waals surface area contributed by atoms with Crippen LogP contribution in [0.3, 0.4) is 0 Å². The second-order valence-corrected chi connectivity index (χ2v) is 11.7. The molecule has 3 aromatic carbocycles. The smallest absolute Gasteiger partial charge is 0.357 e. The van der Waals surface area contributed by atoms with E-state index in [2.05, 4.69) is 11.6 Å². The molecule has 1 aromatic heterocycles. The normalized spacial score (nSPS) is 11.3. The summed E-state index contributed by atoms with van der Waals surface area (Å²) >= 11 is 1.42. The van der Waals surface area contributed by atoms with Crippen molar-refractivity contribution in [3.8, 4) is 11.1 Å². The molecule has 10 heteroatoms. The number of carbonyl (C=O) groups is 2. The Morgan fingerprint density at radius 3 is 2.29 bits per heavy atom. The number of nitrogens with zero attached hydrogens (tertiary/aromatic N) is 2. The van der Waals surface area contributed by atoms with Crippen LogP contribution < -0.4 is 4.72 Å². The van der Waals surface area contributed by atoms with Crippen LogP contribution >= 0.6 is 11.8 Å². The molecular weight excluding hydrogens is 558 g/mol. The van der Waals surface area contributed by atoms with Gasteiger partial charge >= 0.3 is 5.97 Å². The minimum atomic E-state index is -4.15. The number of aromatic nitrogens is 2. The summed E-state index contributed by atoms with van der Waals surface area (Å²) in [7, 11) is -4.15. The Morgan fingerprint density at radius 1 is 0.951 bits per heavy atom. The third-order valence-electron chi connectivity index (χ3n) is 6.48. The van der Waals surface area contributed by atoms with Gasteiger partial charge in [0.1, 0.15) is 10.9 Å². The van der Waals surface area contributed by atoms with Crippen LogP contribution in [0.15, 0.2) is 88.8 Å². The summed E-state index contributed by atoms with van der Waals surface area (Å²) in [6.45, 7) is 4.57. The van der Waals surface area contributed by atoms with Crippen molar-refractivity contribution in [1.82, 2.24) is 14.3 Å². The topological polar surface area (TPSA) is 107 Å². The van der Waals surface area contributed by atoms with Gasteiger partial charge in [-0.15, -0.1) is 11.8 Å². The number of rotatable bonds is 12. The first-order chi connectivity index (χ1) is 19.8. The molecule has 0 bridgehead atoms. The molecule has 0 atom stereocenters. The predicted molar refractivity (Wildman–Crippen MR) is 161 cm³/mol. The molecule has 4 rings (SSSR count). The highest BCUT2D eigenvalue weighted by molar-refractivity contribution is 7.98. The van der Waals surface area contributed by atoms with E-state index in [9.17, 15) is 18.0 Å². The average Bonchev–Trinajstić information content (AvgIpc) is 3.33. The van der Waals surface area contributed by atoms with Gasteiger partial charge in [0.2, 0.25) is 0 Å². The van der Waals surface area contributed by atoms with Gasteiger partial charge in [0.15, 0.2) is 5.69 Å². The van der Waals surface area contributed by atoms with Crippen molar-refractivity contribution in [3.05, 3.63) is 102 Å². The van der Waals surface area contributed by atoms with Crippen molar-refractivity contribution in [2.75, 3.05) is 12.9 Å². The zero-order valence-corrected chi connectivity index (χ0v) is 24.9. The Morgan fingerprint density at radius 2 is 1.63 bits per heavy atom. The minimum absolute atomic E-state index is 0.00250. The van der Waals surface area contributed by atoms with E-state index in [1.54, 1.807) is 55.5 Å². The van der Waals surface area contributed by atoms with Gasteiger partial charge in [0, 0.05) is 24.1 Å². The Kier molecular flexibility index (Phi) is 10.0. The van der Waals surface area contributed by atoms with Crippen LogP contribution in [0, 0.1) is 0 Å². The van der Waals surface area contributed by atoms with Crippen LogP contribution in [0.2, 0.25) is 0 Å². The van der Waals surface area contributed by atoms with Crippen molar-refractivity contribution >= 4 is 33.7 Å². The van der Waals surface area contributed by atoms with E-state index < -0.39 is 21.9 Å². The van der Waals surface area contributed by atoms with Crippen molar-refractivity contribution in [3.63, 3.8) is 0 Å². The monoisotopic (exact) mass is 591 g/mol. The number of hydrogen-bond acceptors (Lipinski definition) is 7. The van der Waals surface area contributed by atoms with E-state index in [0.29, 0.717) is 28.4 Å². The number of esters is 1. The lowest BCUT2D eigenvalue weighted by atomic mass is 10.0. The minimum Gasteiger partial charge on any atom is -0.461 e. The molecule has 0 fully saturated rings. The molecular formula is C31H33N3O5S2. The third-order valence-corrected chi connectivity index (χ3v) is 8.54. The van der Waals surface area contributed by atoms with Crippen LogP contribution in [0.4, 0.5) is 0 Å². The van der Waals surface area contributed by atoms with E-state index in [4.69, 9.17) is 9.72 Å². The van der Waals surface area contributed by atoms with Crippen LogP contribution in [-0.2, 0) is 27.7 Å². The van der Waals surface area contributed by atoms with Crippen molar-refractivity contribution < 1.29 is 22.7 Å². The first-order valence-electron chi connectivity index (χ1n) is 13.4. The summed E-state index contributed by atoms with van der Waals surface area (Å²) < 4.78 is 35.9. The molecule has 0 aliphatic rings. The summed E-state index contributed by atoms with van der Waals surface area (Å²) in [4.78, 5) is 30.2. The van der Waals surface area contributed by atoms with E-state index >= 15 is 0 Å². The van der Waals surface area contributed by atoms with Crippen LogP contribution in [0.1, 0.15) is 58.9 Å². The summed E-state index contributed by atoms with van der Waals surface area (Å²) in [5.41, 5.74) is 2.76. The maximum Gasteiger partial charge on any atom is 0.357 e. The van der Waals surface area contributed by atoms with Crippen LogP contribution in [0.25, 0.3) is 11.1 Å². The molecule has 0 unspecified atom stereocenters. The van der Waals surface area contributed by atoms with Crippen molar-refractivity contribution in [2.24, 2.45) is 0 Å². The van der Waals surface area contributed by atoms with E-state index in [1.807, 2.05) is 35.1 Å². The third kappa shape index (κ3) is 7.07. The lowest BCUT2D eigenvalue weighted by Crippen LogP contribution is -2.30. The Labute approximate surface area is 245 Å². The van der Waals surface area contributed by atoms with E-state index in [-0.39, 0.29) is 17.1 Å². The number of sulfonamides is 1. The van der Waals surface area contributed by atoms with Gasteiger partial charge in [-0.1, -0.05) is 74.0 Å². The zero-order valence-electron chi connectivity index (χ0n) is 23.3. The number of imidazole rings is 1. The van der Waals surface area contributed by atoms with Gasteiger partial charge in [0.05, 0.1) is 11.5 Å². The summed E-state index contributed by atoms with van der Waals surface area (Å²) in [5, 5.41) is 0.642. The maximum atomic E-state index is 13.2. The highest BCUT2D eigenvalue weighted by atomic mass is 32.2. The predicted octanol–water partition coefficient (Wildman–Crippen LogP) is 5.96. The molecule has 0 saturated heterocycles. The van der Waals surface area contributed by atoms with Gasteiger partial charge in [-0.05, 0) is 48.9 Å². The standard InChI is InChI=1S/C31H33N3O5S2/c1-4-6-16-27-32-30(40-3)28(31(36)39-5-2)34(27)21-22-17-19-23(20-18-22)25-14-10-11-15-26(25)41(37,38)33-29(35)24-12-8-7-9-13-24/h7-15,17-20H,4-6,16,21H2,1-3H3,(H,33,35). The van der Waals surface area contributed by atoms with Crippen molar-refractivity contribution in [1.29, 1.82) is 0 Å². The molecule has 1 heterocycles. The number of carbonyl (C=O) groups excluding carboxylic acids is 2. The summed E-state index contributed by atoms with van der Waals surface area (Å²) in [5.74, 6) is -0.272. The summed E-state index contributed by atoms with van der Waals surface area (Å²) in [6, 6.07) is 22.2. The second-order valence-electron chi connectivity index (χ2n) is 9.29. The van der Waals surface area contributed by atoms with Crippen LogP contribution in [0.5, 0.6) is 0 Å². The van der Waals surface area contributed by atoms with Crippen LogP contribution in [-0.4, -0.2) is 42.7 Å². The van der Waals surface area contributed by atoms with Gasteiger partial charge in [-0.25, -0.2) is 22.9 Å². The molecule has 1 N–H and O–H groups in total. The number of nitrogens with one attached hydrogen (secondary N) is 1. The number of aryl methyl sites for hydroxylation is 1. The first kappa shape index (κ1) is 30.1. The Balaban J connectivity index is 1.64. The average molecular weight is 592 g/mol.